The number of nitrogens with zero attached hydrogens (tertiary/aromatic N) is 1. The Hall–Kier alpha value is -1.26. The van der Waals surface area contributed by atoms with E-state index in [0.29, 0.717) is 16.6 Å². The van der Waals surface area contributed by atoms with Crippen LogP contribution < -0.4 is 5.73 Å². The van der Waals surface area contributed by atoms with Gasteiger partial charge in [0.25, 0.3) is 0 Å². The Morgan fingerprint density at radius 1 is 1.29 bits per heavy atom. The highest BCUT2D eigenvalue weighted by Crippen LogP contribution is 2.25. The third-order valence-corrected chi connectivity index (χ3v) is 4.68. The fourth-order valence-corrected chi connectivity index (χ4v) is 2.93. The molecular formula is C15H18Cl2N2O2. The van der Waals surface area contributed by atoms with Gasteiger partial charge in [-0.25, -0.2) is 0 Å². The number of likely N-dealkylation sites (tertiary alicyclic amines) is 1. The highest BCUT2D eigenvalue weighted by atomic mass is 35.5. The van der Waals surface area contributed by atoms with Crippen LogP contribution in [-0.2, 0) is 16.0 Å². The molecule has 1 aromatic rings. The lowest BCUT2D eigenvalue weighted by molar-refractivity contribution is -0.136. The van der Waals surface area contributed by atoms with Gasteiger partial charge < -0.3 is 10.6 Å². The van der Waals surface area contributed by atoms with E-state index < -0.39 is 0 Å². The van der Waals surface area contributed by atoms with Crippen LogP contribution in [0, 0.1) is 5.92 Å². The molecule has 2 rings (SSSR count). The number of hydrogen-bond donors (Lipinski definition) is 1. The minimum atomic E-state index is -0.339. The maximum Gasteiger partial charge on any atom is 0.227 e. The van der Waals surface area contributed by atoms with Gasteiger partial charge in [0, 0.05) is 12.6 Å². The standard InChI is InChI=1S/C15H18Cl2N2O2/c1-9-2-4-11(15(18)21)8-19(9)14(20)7-10-3-5-12(16)13(17)6-10/h3,5-6,9,11H,2,4,7-8H2,1H3,(H2,18,21). The molecule has 1 fully saturated rings. The molecule has 1 heterocycles. The maximum atomic E-state index is 12.4. The number of carbonyl (C=O) groups excluding carboxylic acids is 2. The number of benzene rings is 1. The smallest absolute Gasteiger partial charge is 0.227 e. The van der Waals surface area contributed by atoms with E-state index in [1.807, 2.05) is 6.92 Å². The summed E-state index contributed by atoms with van der Waals surface area (Å²) in [5.74, 6) is -0.611. The van der Waals surface area contributed by atoms with Crippen LogP contribution in [0.5, 0.6) is 0 Å². The summed E-state index contributed by atoms with van der Waals surface area (Å²) in [6.07, 6.45) is 1.78. The quantitative estimate of drug-likeness (QED) is 0.927. The van der Waals surface area contributed by atoms with E-state index in [0.717, 1.165) is 18.4 Å². The molecule has 1 saturated heterocycles. The van der Waals surface area contributed by atoms with Gasteiger partial charge in [-0.2, -0.15) is 0 Å². The fourth-order valence-electron chi connectivity index (χ4n) is 2.61. The molecule has 2 atom stereocenters. The van der Waals surface area contributed by atoms with Crippen LogP contribution in [0.2, 0.25) is 10.0 Å². The first-order valence-corrected chi connectivity index (χ1v) is 7.66. The lowest BCUT2D eigenvalue weighted by Crippen LogP contribution is -2.49. The first kappa shape index (κ1) is 16.1. The molecule has 0 aliphatic carbocycles. The maximum absolute atomic E-state index is 12.4. The Kier molecular flexibility index (Phi) is 5.12. The van der Waals surface area contributed by atoms with Gasteiger partial charge in [-0.3, -0.25) is 9.59 Å². The van der Waals surface area contributed by atoms with Crippen molar-refractivity contribution >= 4 is 35.0 Å². The molecule has 114 valence electrons. The summed E-state index contributed by atoms with van der Waals surface area (Å²) in [5, 5.41) is 0.900. The second-order valence-electron chi connectivity index (χ2n) is 5.50. The van der Waals surface area contributed by atoms with E-state index in [1.54, 1.807) is 23.1 Å². The number of primary amides is 1. The first-order valence-electron chi connectivity index (χ1n) is 6.91. The van der Waals surface area contributed by atoms with Crippen molar-refractivity contribution in [3.8, 4) is 0 Å². The molecule has 6 heteroatoms. The van der Waals surface area contributed by atoms with Gasteiger partial charge in [-0.05, 0) is 37.5 Å². The molecule has 0 bridgehead atoms. The highest BCUT2D eigenvalue weighted by Gasteiger charge is 2.31. The number of hydrogen-bond acceptors (Lipinski definition) is 2. The minimum Gasteiger partial charge on any atom is -0.369 e. The Bertz CT molecular complexity index is 563. The van der Waals surface area contributed by atoms with Crippen molar-refractivity contribution in [3.05, 3.63) is 33.8 Å². The number of rotatable bonds is 3. The van der Waals surface area contributed by atoms with Gasteiger partial charge in [-0.15, -0.1) is 0 Å². The summed E-state index contributed by atoms with van der Waals surface area (Å²) in [4.78, 5) is 25.5. The van der Waals surface area contributed by atoms with E-state index in [1.165, 1.54) is 0 Å². The number of carbonyl (C=O) groups is 2. The van der Waals surface area contributed by atoms with E-state index in [9.17, 15) is 9.59 Å². The number of amides is 2. The van der Waals surface area contributed by atoms with Gasteiger partial charge in [0.2, 0.25) is 11.8 Å². The van der Waals surface area contributed by atoms with Crippen molar-refractivity contribution in [2.45, 2.75) is 32.2 Å². The summed E-state index contributed by atoms with van der Waals surface area (Å²) in [7, 11) is 0. The van der Waals surface area contributed by atoms with Crippen molar-refractivity contribution in [2.24, 2.45) is 11.7 Å². The number of halogens is 2. The van der Waals surface area contributed by atoms with Gasteiger partial charge in [0.1, 0.15) is 0 Å². The van der Waals surface area contributed by atoms with Crippen molar-refractivity contribution < 1.29 is 9.59 Å². The minimum absolute atomic E-state index is 0.0214. The third kappa shape index (κ3) is 3.89. The summed E-state index contributed by atoms with van der Waals surface area (Å²) >= 11 is 11.8. The summed E-state index contributed by atoms with van der Waals surface area (Å²) in [5.41, 5.74) is 6.16. The lowest BCUT2D eigenvalue weighted by atomic mass is 9.92. The van der Waals surface area contributed by atoms with Crippen LogP contribution in [0.1, 0.15) is 25.3 Å². The molecule has 21 heavy (non-hydrogen) atoms. The van der Waals surface area contributed by atoms with Crippen LogP contribution >= 0.6 is 23.2 Å². The summed E-state index contributed by atoms with van der Waals surface area (Å²) in [6, 6.07) is 5.28. The molecule has 2 unspecified atom stereocenters. The molecule has 1 aliphatic rings. The largest absolute Gasteiger partial charge is 0.369 e. The van der Waals surface area contributed by atoms with Crippen molar-refractivity contribution in [2.75, 3.05) is 6.54 Å². The Balaban J connectivity index is 2.07. The van der Waals surface area contributed by atoms with Crippen molar-refractivity contribution in [1.82, 2.24) is 4.90 Å². The second kappa shape index (κ2) is 6.67. The fraction of sp³-hybridized carbons (Fsp3) is 0.467. The highest BCUT2D eigenvalue weighted by molar-refractivity contribution is 6.42. The normalized spacial score (nSPS) is 22.1. The zero-order chi connectivity index (χ0) is 15.6. The molecule has 0 spiro atoms. The van der Waals surface area contributed by atoms with Crippen molar-refractivity contribution in [1.29, 1.82) is 0 Å². The van der Waals surface area contributed by atoms with Crippen LogP contribution in [0.15, 0.2) is 18.2 Å². The van der Waals surface area contributed by atoms with E-state index in [4.69, 9.17) is 28.9 Å². The molecule has 2 N–H and O–H groups in total. The van der Waals surface area contributed by atoms with E-state index in [2.05, 4.69) is 0 Å². The topological polar surface area (TPSA) is 63.4 Å². The van der Waals surface area contributed by atoms with Gasteiger partial charge in [0.15, 0.2) is 0 Å². The van der Waals surface area contributed by atoms with E-state index >= 15 is 0 Å². The van der Waals surface area contributed by atoms with Crippen LogP contribution in [-0.4, -0.2) is 29.3 Å². The van der Waals surface area contributed by atoms with Crippen LogP contribution in [0.25, 0.3) is 0 Å². The van der Waals surface area contributed by atoms with Gasteiger partial charge in [-0.1, -0.05) is 29.3 Å². The van der Waals surface area contributed by atoms with Crippen LogP contribution in [0.4, 0.5) is 0 Å². The average Bonchev–Trinajstić information content (AvgIpc) is 2.43. The Labute approximate surface area is 134 Å². The molecule has 4 nitrogen and oxygen atoms in total. The molecule has 0 radical (unpaired) electrons. The van der Waals surface area contributed by atoms with E-state index in [-0.39, 0.29) is 30.2 Å². The SMILES string of the molecule is CC1CCC(C(N)=O)CN1C(=O)Cc1ccc(Cl)c(Cl)c1. The monoisotopic (exact) mass is 328 g/mol. The Morgan fingerprint density at radius 2 is 2.00 bits per heavy atom. The lowest BCUT2D eigenvalue weighted by Gasteiger charge is -2.37. The summed E-state index contributed by atoms with van der Waals surface area (Å²) < 4.78 is 0. The molecule has 0 saturated carbocycles. The molecule has 0 aromatic heterocycles. The van der Waals surface area contributed by atoms with Gasteiger partial charge in [0.05, 0.1) is 22.4 Å². The van der Waals surface area contributed by atoms with Crippen LogP contribution in [0.3, 0.4) is 0 Å². The molecule has 1 aliphatic heterocycles. The third-order valence-electron chi connectivity index (χ3n) is 3.94. The Morgan fingerprint density at radius 3 is 2.62 bits per heavy atom. The number of piperidine rings is 1. The first-order chi connectivity index (χ1) is 9.88. The molecular weight excluding hydrogens is 311 g/mol. The van der Waals surface area contributed by atoms with Gasteiger partial charge >= 0.3 is 0 Å². The predicted molar refractivity (Wildman–Crippen MR) is 83.3 cm³/mol. The second-order valence-corrected chi connectivity index (χ2v) is 6.31. The molecule has 1 aromatic carbocycles. The summed E-state index contributed by atoms with van der Waals surface area (Å²) in [6.45, 7) is 2.39. The predicted octanol–water partition coefficient (Wildman–Crippen LogP) is 2.65. The van der Waals surface area contributed by atoms with Crippen molar-refractivity contribution in [3.63, 3.8) is 0 Å². The zero-order valence-electron chi connectivity index (χ0n) is 11.8. The molecule has 2 amide bonds. The number of nitrogens with two attached hydrogens (primary N) is 1. The zero-order valence-corrected chi connectivity index (χ0v) is 13.3. The average molecular weight is 329 g/mol.